The zero-order valence-electron chi connectivity index (χ0n) is 12.9. The minimum absolute atomic E-state index is 0.0328. The lowest BCUT2D eigenvalue weighted by Crippen LogP contribution is -2.34. The Kier molecular flexibility index (Phi) is 4.93. The molecule has 1 fully saturated rings. The first-order valence-corrected chi connectivity index (χ1v) is 7.58. The van der Waals surface area contributed by atoms with Crippen LogP contribution in [0.25, 0.3) is 0 Å². The highest BCUT2D eigenvalue weighted by molar-refractivity contribution is 5.63. The number of anilines is 2. The molecule has 2 rings (SSSR count). The van der Waals surface area contributed by atoms with Crippen LogP contribution in [0.2, 0.25) is 0 Å². The first kappa shape index (κ1) is 15.5. The molecular formula is C14H23N5O2. The summed E-state index contributed by atoms with van der Waals surface area (Å²) in [6.45, 7) is 7.23. The van der Waals surface area contributed by atoms with Crippen LogP contribution in [0.3, 0.4) is 0 Å². The van der Waals surface area contributed by atoms with E-state index >= 15 is 0 Å². The second-order valence-electron chi connectivity index (χ2n) is 5.48. The van der Waals surface area contributed by atoms with Gasteiger partial charge in [0, 0.05) is 19.1 Å². The van der Waals surface area contributed by atoms with Gasteiger partial charge in [-0.15, -0.1) is 0 Å². The molecule has 2 heterocycles. The number of aryl methyl sites for hydroxylation is 1. The predicted octanol–water partition coefficient (Wildman–Crippen LogP) is 2.89. The van der Waals surface area contributed by atoms with E-state index in [-0.39, 0.29) is 16.7 Å². The van der Waals surface area contributed by atoms with E-state index in [1.165, 1.54) is 6.42 Å². The van der Waals surface area contributed by atoms with Crippen LogP contribution in [-0.4, -0.2) is 34.0 Å². The third-order valence-electron chi connectivity index (χ3n) is 3.88. The topological polar surface area (TPSA) is 84.2 Å². The van der Waals surface area contributed by atoms with Crippen LogP contribution < -0.4 is 10.2 Å². The predicted molar refractivity (Wildman–Crippen MR) is 82.9 cm³/mol. The standard InChI is InChI=1S/C14H23N5O2/c1-4-15-14-16-11(3)12(19(20)21)13(17-14)18-9-7-5-6-8-10(18)2/h10H,4-9H2,1-3H3,(H,15,16,17). The Labute approximate surface area is 124 Å². The minimum Gasteiger partial charge on any atom is -0.354 e. The van der Waals surface area contributed by atoms with E-state index in [9.17, 15) is 10.1 Å². The lowest BCUT2D eigenvalue weighted by Gasteiger charge is -2.28. The van der Waals surface area contributed by atoms with Gasteiger partial charge in [-0.2, -0.15) is 4.98 Å². The molecule has 1 aromatic heterocycles. The zero-order valence-corrected chi connectivity index (χ0v) is 12.9. The third kappa shape index (κ3) is 3.40. The second-order valence-corrected chi connectivity index (χ2v) is 5.48. The molecule has 0 radical (unpaired) electrons. The Morgan fingerprint density at radius 3 is 2.81 bits per heavy atom. The normalized spacial score (nSPS) is 19.2. The molecule has 7 heteroatoms. The molecule has 1 saturated heterocycles. The highest BCUT2D eigenvalue weighted by Crippen LogP contribution is 2.33. The van der Waals surface area contributed by atoms with E-state index in [1.807, 2.05) is 6.92 Å². The van der Waals surface area contributed by atoms with Gasteiger partial charge in [0.25, 0.3) is 0 Å². The summed E-state index contributed by atoms with van der Waals surface area (Å²) in [5.41, 5.74) is 0.447. The van der Waals surface area contributed by atoms with E-state index < -0.39 is 0 Å². The number of nitro groups is 1. The van der Waals surface area contributed by atoms with Crippen molar-refractivity contribution >= 4 is 17.5 Å². The van der Waals surface area contributed by atoms with Gasteiger partial charge in [0.15, 0.2) is 0 Å². The number of hydrogen-bond acceptors (Lipinski definition) is 6. The highest BCUT2D eigenvalue weighted by atomic mass is 16.6. The number of hydrogen-bond donors (Lipinski definition) is 1. The summed E-state index contributed by atoms with van der Waals surface area (Å²) >= 11 is 0. The second kappa shape index (κ2) is 6.69. The third-order valence-corrected chi connectivity index (χ3v) is 3.88. The van der Waals surface area contributed by atoms with Crippen LogP contribution >= 0.6 is 0 Å². The molecule has 0 spiro atoms. The van der Waals surface area contributed by atoms with Crippen molar-refractivity contribution in [2.45, 2.75) is 52.5 Å². The number of nitrogens with one attached hydrogen (secondary N) is 1. The van der Waals surface area contributed by atoms with Crippen LogP contribution in [0.5, 0.6) is 0 Å². The number of aromatic nitrogens is 2. The molecule has 0 aromatic carbocycles. The number of rotatable bonds is 4. The van der Waals surface area contributed by atoms with Gasteiger partial charge in [-0.25, -0.2) is 4.98 Å². The van der Waals surface area contributed by atoms with Gasteiger partial charge in [0.1, 0.15) is 5.69 Å². The lowest BCUT2D eigenvalue weighted by molar-refractivity contribution is -0.385. The Hall–Kier alpha value is -1.92. The van der Waals surface area contributed by atoms with Crippen LogP contribution in [0.4, 0.5) is 17.5 Å². The largest absolute Gasteiger partial charge is 0.354 e. The maximum atomic E-state index is 11.4. The number of nitrogens with zero attached hydrogens (tertiary/aromatic N) is 4. The minimum atomic E-state index is -0.363. The van der Waals surface area contributed by atoms with E-state index in [2.05, 4.69) is 27.1 Å². The molecule has 1 unspecified atom stereocenters. The zero-order chi connectivity index (χ0) is 15.4. The summed E-state index contributed by atoms with van der Waals surface area (Å²) in [5.74, 6) is 0.921. The van der Waals surface area contributed by atoms with E-state index in [1.54, 1.807) is 6.92 Å². The molecular weight excluding hydrogens is 270 g/mol. The molecule has 0 bridgehead atoms. The van der Waals surface area contributed by atoms with Crippen molar-refractivity contribution in [1.82, 2.24) is 9.97 Å². The molecule has 7 nitrogen and oxygen atoms in total. The fourth-order valence-electron chi connectivity index (χ4n) is 2.79. The molecule has 1 aromatic rings. The summed E-state index contributed by atoms with van der Waals surface area (Å²) in [4.78, 5) is 21.8. The van der Waals surface area contributed by atoms with Crippen LogP contribution in [-0.2, 0) is 0 Å². The van der Waals surface area contributed by atoms with Crippen molar-refractivity contribution < 1.29 is 4.92 Å². The Morgan fingerprint density at radius 2 is 2.14 bits per heavy atom. The summed E-state index contributed by atoms with van der Waals surface area (Å²) in [5, 5.41) is 14.5. The fraction of sp³-hybridized carbons (Fsp3) is 0.714. The quantitative estimate of drug-likeness (QED) is 0.678. The van der Waals surface area contributed by atoms with E-state index in [0.717, 1.165) is 25.8 Å². The highest BCUT2D eigenvalue weighted by Gasteiger charge is 2.29. The molecule has 1 N–H and O–H groups in total. The Balaban J connectivity index is 2.49. The van der Waals surface area contributed by atoms with Crippen molar-refractivity contribution in [3.63, 3.8) is 0 Å². The maximum Gasteiger partial charge on any atom is 0.332 e. The van der Waals surface area contributed by atoms with Crippen molar-refractivity contribution in [3.05, 3.63) is 15.8 Å². The maximum absolute atomic E-state index is 11.4. The summed E-state index contributed by atoms with van der Waals surface area (Å²) in [6.07, 6.45) is 4.41. The molecule has 21 heavy (non-hydrogen) atoms. The molecule has 0 aliphatic carbocycles. The van der Waals surface area contributed by atoms with Gasteiger partial charge in [0.05, 0.1) is 4.92 Å². The molecule has 1 aliphatic rings. The van der Waals surface area contributed by atoms with Gasteiger partial charge in [-0.3, -0.25) is 10.1 Å². The van der Waals surface area contributed by atoms with Gasteiger partial charge < -0.3 is 10.2 Å². The summed E-state index contributed by atoms with van der Waals surface area (Å²) < 4.78 is 0. The molecule has 1 aliphatic heterocycles. The monoisotopic (exact) mass is 293 g/mol. The lowest BCUT2D eigenvalue weighted by atomic mass is 10.1. The Morgan fingerprint density at radius 1 is 1.38 bits per heavy atom. The van der Waals surface area contributed by atoms with Crippen LogP contribution in [0.15, 0.2) is 0 Å². The van der Waals surface area contributed by atoms with Crippen molar-refractivity contribution in [2.75, 3.05) is 23.3 Å². The average molecular weight is 293 g/mol. The summed E-state index contributed by atoms with van der Waals surface area (Å²) in [7, 11) is 0. The smallest absolute Gasteiger partial charge is 0.332 e. The molecule has 0 saturated carbocycles. The Bertz CT molecular complexity index is 520. The SMILES string of the molecule is CCNc1nc(C)c([N+](=O)[O-])c(N2CCCCCC2C)n1. The van der Waals surface area contributed by atoms with Crippen LogP contribution in [0.1, 0.15) is 45.2 Å². The average Bonchev–Trinajstić information content (AvgIpc) is 2.62. The first-order valence-electron chi connectivity index (χ1n) is 7.58. The van der Waals surface area contributed by atoms with Crippen molar-refractivity contribution in [2.24, 2.45) is 0 Å². The van der Waals surface area contributed by atoms with E-state index in [0.29, 0.717) is 24.0 Å². The van der Waals surface area contributed by atoms with E-state index in [4.69, 9.17) is 0 Å². The van der Waals surface area contributed by atoms with Crippen molar-refractivity contribution in [3.8, 4) is 0 Å². The van der Waals surface area contributed by atoms with Gasteiger partial charge in [0.2, 0.25) is 11.8 Å². The molecule has 116 valence electrons. The van der Waals surface area contributed by atoms with Gasteiger partial charge >= 0.3 is 5.69 Å². The van der Waals surface area contributed by atoms with Gasteiger partial charge in [-0.05, 0) is 33.6 Å². The summed E-state index contributed by atoms with van der Waals surface area (Å²) in [6, 6.07) is 0.259. The molecule has 0 amide bonds. The first-order chi connectivity index (χ1) is 10.0. The fourth-order valence-corrected chi connectivity index (χ4v) is 2.79. The molecule has 1 atom stereocenters. The van der Waals surface area contributed by atoms with Crippen molar-refractivity contribution in [1.29, 1.82) is 0 Å². The van der Waals surface area contributed by atoms with Gasteiger partial charge in [-0.1, -0.05) is 12.8 Å². The van der Waals surface area contributed by atoms with Crippen LogP contribution in [0, 0.1) is 17.0 Å².